The smallest absolute Gasteiger partial charge is 0.320 e. The van der Waals surface area contributed by atoms with Crippen molar-refractivity contribution in [1.82, 2.24) is 4.72 Å². The average molecular weight is 321 g/mol. The molecular formula is C12H14F3N3O2S. The first-order chi connectivity index (χ1) is 9.63. The molecule has 4 N–H and O–H groups in total. The summed E-state index contributed by atoms with van der Waals surface area (Å²) in [5.74, 6) is 5.40. The molecule has 0 amide bonds. The summed E-state index contributed by atoms with van der Waals surface area (Å²) in [7, 11) is -4.30. The molecule has 1 aromatic carbocycles. The third kappa shape index (κ3) is 6.48. The summed E-state index contributed by atoms with van der Waals surface area (Å²) < 4.78 is 62.4. The van der Waals surface area contributed by atoms with Crippen LogP contribution in [-0.4, -0.2) is 27.7 Å². The van der Waals surface area contributed by atoms with Gasteiger partial charge in [-0.15, -0.1) is 0 Å². The van der Waals surface area contributed by atoms with Crippen molar-refractivity contribution in [1.29, 1.82) is 0 Å². The minimum absolute atomic E-state index is 0.169. The summed E-state index contributed by atoms with van der Waals surface area (Å²) in [6, 6.07) is 4.56. The molecule has 0 heterocycles. The summed E-state index contributed by atoms with van der Waals surface area (Å²) in [6.07, 6.45) is -4.62. The Morgan fingerprint density at radius 1 is 1.33 bits per heavy atom. The Morgan fingerprint density at radius 3 is 2.52 bits per heavy atom. The fourth-order valence-electron chi connectivity index (χ4n) is 1.37. The Labute approximate surface area is 120 Å². The molecule has 0 aliphatic carbocycles. The molecule has 0 spiro atoms. The normalized spacial score (nSPS) is 11.7. The maximum atomic E-state index is 12.0. The Balaban J connectivity index is 2.83. The first-order valence-electron chi connectivity index (χ1n) is 5.77. The molecule has 0 aliphatic heterocycles. The second kappa shape index (κ2) is 6.80. The molecule has 0 aromatic heterocycles. The Kier molecular flexibility index (Phi) is 5.60. The van der Waals surface area contributed by atoms with Gasteiger partial charge in [-0.05, 0) is 30.7 Å². The Hall–Kier alpha value is -1.76. The molecule has 1 rings (SSSR count). The molecule has 1 aromatic rings. The molecular weight excluding hydrogens is 307 g/mol. The lowest BCUT2D eigenvalue weighted by molar-refractivity contribution is -0.121. The molecule has 0 saturated carbocycles. The lowest BCUT2D eigenvalue weighted by atomic mass is 10.1. The van der Waals surface area contributed by atoms with Gasteiger partial charge in [0.25, 0.3) is 10.2 Å². The fraction of sp³-hybridized carbons (Fsp3) is 0.333. The van der Waals surface area contributed by atoms with Gasteiger partial charge in [0.15, 0.2) is 0 Å². The largest absolute Gasteiger partial charge is 0.402 e. The van der Waals surface area contributed by atoms with Crippen molar-refractivity contribution in [3.05, 3.63) is 29.3 Å². The van der Waals surface area contributed by atoms with Crippen LogP contribution in [0.4, 0.5) is 18.9 Å². The molecule has 0 fully saturated rings. The third-order valence-electron chi connectivity index (χ3n) is 2.27. The van der Waals surface area contributed by atoms with E-state index in [1.807, 2.05) is 4.72 Å². The van der Waals surface area contributed by atoms with Crippen LogP contribution in [0.1, 0.15) is 11.1 Å². The van der Waals surface area contributed by atoms with E-state index in [9.17, 15) is 21.6 Å². The SMILES string of the molecule is Cc1cc(C#CCN)ccc1NS(=O)(=O)NCC(F)(F)F. The van der Waals surface area contributed by atoms with Crippen LogP contribution in [0.5, 0.6) is 0 Å². The number of hydrogen-bond acceptors (Lipinski definition) is 3. The van der Waals surface area contributed by atoms with Crippen LogP contribution in [0.15, 0.2) is 18.2 Å². The highest BCUT2D eigenvalue weighted by Crippen LogP contribution is 2.18. The molecule has 9 heteroatoms. The summed E-state index contributed by atoms with van der Waals surface area (Å²) in [4.78, 5) is 0. The van der Waals surface area contributed by atoms with Crippen molar-refractivity contribution in [2.24, 2.45) is 5.73 Å². The summed E-state index contributed by atoms with van der Waals surface area (Å²) in [5, 5.41) is 0. The first kappa shape index (κ1) is 17.3. The van der Waals surface area contributed by atoms with E-state index in [2.05, 4.69) is 11.8 Å². The second-order valence-corrected chi connectivity index (χ2v) is 5.58. The third-order valence-corrected chi connectivity index (χ3v) is 3.28. The predicted molar refractivity (Wildman–Crippen MR) is 73.7 cm³/mol. The number of aryl methyl sites for hydroxylation is 1. The van der Waals surface area contributed by atoms with Crippen molar-refractivity contribution in [2.45, 2.75) is 13.1 Å². The average Bonchev–Trinajstić information content (AvgIpc) is 2.36. The van der Waals surface area contributed by atoms with Gasteiger partial charge in [-0.25, -0.2) is 0 Å². The van der Waals surface area contributed by atoms with Gasteiger partial charge in [0.1, 0.15) is 6.54 Å². The van der Waals surface area contributed by atoms with E-state index < -0.39 is 22.9 Å². The number of hydrogen-bond donors (Lipinski definition) is 3. The van der Waals surface area contributed by atoms with Crippen LogP contribution in [0, 0.1) is 18.8 Å². The first-order valence-corrected chi connectivity index (χ1v) is 7.25. The minimum Gasteiger partial charge on any atom is -0.320 e. The van der Waals surface area contributed by atoms with E-state index in [-0.39, 0.29) is 12.2 Å². The van der Waals surface area contributed by atoms with E-state index in [1.165, 1.54) is 16.9 Å². The molecule has 21 heavy (non-hydrogen) atoms. The van der Waals surface area contributed by atoms with Crippen LogP contribution >= 0.6 is 0 Å². The van der Waals surface area contributed by atoms with Crippen LogP contribution < -0.4 is 15.2 Å². The Bertz CT molecular complexity index is 661. The van der Waals surface area contributed by atoms with Crippen molar-refractivity contribution in [3.8, 4) is 11.8 Å². The van der Waals surface area contributed by atoms with Crippen LogP contribution in [0.25, 0.3) is 0 Å². The van der Waals surface area contributed by atoms with Gasteiger partial charge in [-0.2, -0.15) is 26.3 Å². The fourth-order valence-corrected chi connectivity index (χ4v) is 2.31. The zero-order chi connectivity index (χ0) is 16.1. The zero-order valence-electron chi connectivity index (χ0n) is 11.1. The number of benzene rings is 1. The van der Waals surface area contributed by atoms with Gasteiger partial charge in [-0.1, -0.05) is 11.8 Å². The molecule has 0 unspecified atom stereocenters. The number of rotatable bonds is 4. The standard InChI is InChI=1S/C12H14F3N3O2S/c1-9-7-10(3-2-6-16)4-5-11(9)18-21(19,20)17-8-12(13,14)15/h4-5,7,17-18H,6,8,16H2,1H3. The zero-order valence-corrected chi connectivity index (χ0v) is 11.9. The molecule has 0 aliphatic rings. The molecule has 0 saturated heterocycles. The molecule has 0 radical (unpaired) electrons. The van der Waals surface area contributed by atoms with E-state index in [1.54, 1.807) is 13.0 Å². The number of halogens is 3. The van der Waals surface area contributed by atoms with Gasteiger partial charge < -0.3 is 5.73 Å². The van der Waals surface area contributed by atoms with Crippen molar-refractivity contribution in [3.63, 3.8) is 0 Å². The van der Waals surface area contributed by atoms with E-state index in [4.69, 9.17) is 5.73 Å². The minimum atomic E-state index is -4.62. The molecule has 0 bridgehead atoms. The monoisotopic (exact) mass is 321 g/mol. The van der Waals surface area contributed by atoms with Crippen molar-refractivity contribution in [2.75, 3.05) is 17.8 Å². The number of anilines is 1. The van der Waals surface area contributed by atoms with E-state index >= 15 is 0 Å². The van der Waals surface area contributed by atoms with Crippen LogP contribution in [0.2, 0.25) is 0 Å². The van der Waals surface area contributed by atoms with Crippen LogP contribution in [-0.2, 0) is 10.2 Å². The van der Waals surface area contributed by atoms with Crippen molar-refractivity contribution >= 4 is 15.9 Å². The predicted octanol–water partition coefficient (Wildman–Crippen LogP) is 1.11. The van der Waals surface area contributed by atoms with Gasteiger partial charge in [-0.3, -0.25) is 4.72 Å². The highest BCUT2D eigenvalue weighted by Gasteiger charge is 2.29. The number of alkyl halides is 3. The topological polar surface area (TPSA) is 84.2 Å². The van der Waals surface area contributed by atoms with E-state index in [0.29, 0.717) is 11.1 Å². The maximum Gasteiger partial charge on any atom is 0.402 e. The highest BCUT2D eigenvalue weighted by atomic mass is 32.2. The van der Waals surface area contributed by atoms with Gasteiger partial charge in [0, 0.05) is 5.56 Å². The maximum absolute atomic E-state index is 12.0. The summed E-state index contributed by atoms with van der Waals surface area (Å²) in [6.45, 7) is 0.158. The second-order valence-electron chi connectivity index (χ2n) is 4.08. The highest BCUT2D eigenvalue weighted by molar-refractivity contribution is 7.90. The van der Waals surface area contributed by atoms with E-state index in [0.717, 1.165) is 0 Å². The summed E-state index contributed by atoms with van der Waals surface area (Å²) >= 11 is 0. The van der Waals surface area contributed by atoms with Gasteiger partial charge in [0.2, 0.25) is 0 Å². The lowest BCUT2D eigenvalue weighted by Gasteiger charge is -2.12. The summed E-state index contributed by atoms with van der Waals surface area (Å²) in [5.41, 5.74) is 6.55. The quantitative estimate of drug-likeness (QED) is 0.727. The van der Waals surface area contributed by atoms with Gasteiger partial charge >= 0.3 is 6.18 Å². The van der Waals surface area contributed by atoms with Crippen molar-refractivity contribution < 1.29 is 21.6 Å². The molecule has 5 nitrogen and oxygen atoms in total. The van der Waals surface area contributed by atoms with Gasteiger partial charge in [0.05, 0.1) is 12.2 Å². The number of nitrogens with two attached hydrogens (primary N) is 1. The molecule has 0 atom stereocenters. The lowest BCUT2D eigenvalue weighted by Crippen LogP contribution is -2.37. The Morgan fingerprint density at radius 2 is 2.00 bits per heavy atom. The van der Waals surface area contributed by atoms with Crippen LogP contribution in [0.3, 0.4) is 0 Å². The number of nitrogens with one attached hydrogen (secondary N) is 2. The molecule has 116 valence electrons.